The number of pyridine rings is 1. The molecule has 1 aromatic carbocycles. The Hall–Kier alpha value is -2.40. The van der Waals surface area contributed by atoms with Gasteiger partial charge in [0.2, 0.25) is 0 Å². The number of aryl methyl sites for hydroxylation is 1. The van der Waals surface area contributed by atoms with Crippen molar-refractivity contribution in [3.8, 4) is 5.75 Å². The molecule has 0 aliphatic carbocycles. The van der Waals surface area contributed by atoms with Crippen LogP contribution in [0.2, 0.25) is 0 Å². The highest BCUT2D eigenvalue weighted by atomic mass is 32.1. The Kier molecular flexibility index (Phi) is 5.34. The fourth-order valence-corrected chi connectivity index (χ4v) is 3.68. The summed E-state index contributed by atoms with van der Waals surface area (Å²) in [5.41, 5.74) is 1.71. The van der Waals surface area contributed by atoms with E-state index in [-0.39, 0.29) is 18.6 Å². The van der Waals surface area contributed by atoms with Crippen LogP contribution >= 0.6 is 11.3 Å². The van der Waals surface area contributed by atoms with Crippen LogP contribution in [0.25, 0.3) is 10.9 Å². The van der Waals surface area contributed by atoms with Gasteiger partial charge in [-0.25, -0.2) is 4.98 Å². The summed E-state index contributed by atoms with van der Waals surface area (Å²) in [5.74, 6) is 0.815. The van der Waals surface area contributed by atoms with Gasteiger partial charge >= 0.3 is 0 Å². The molecule has 2 heterocycles. The predicted octanol–water partition coefficient (Wildman–Crippen LogP) is 4.50. The zero-order valence-electron chi connectivity index (χ0n) is 14.7. The van der Waals surface area contributed by atoms with Gasteiger partial charge in [0, 0.05) is 16.0 Å². The molecule has 0 aliphatic rings. The van der Waals surface area contributed by atoms with Crippen LogP contribution in [0.15, 0.2) is 47.8 Å². The Morgan fingerprint density at radius 3 is 2.76 bits per heavy atom. The number of nitrogens with one attached hydrogen (secondary N) is 1. The van der Waals surface area contributed by atoms with Gasteiger partial charge in [-0.2, -0.15) is 0 Å². The number of nitrogens with zero attached hydrogens (tertiary/aromatic N) is 1. The van der Waals surface area contributed by atoms with E-state index in [9.17, 15) is 4.79 Å². The number of para-hydroxylation sites is 1. The Bertz CT molecular complexity index is 859. The quantitative estimate of drug-likeness (QED) is 0.709. The van der Waals surface area contributed by atoms with Gasteiger partial charge in [-0.1, -0.05) is 38.1 Å². The Labute approximate surface area is 151 Å². The van der Waals surface area contributed by atoms with E-state index in [1.807, 2.05) is 54.8 Å². The Morgan fingerprint density at radius 1 is 1.20 bits per heavy atom. The molecule has 0 aliphatic heterocycles. The lowest BCUT2D eigenvalue weighted by molar-refractivity contribution is -0.124. The first-order valence-corrected chi connectivity index (χ1v) is 9.24. The minimum atomic E-state index is -0.128. The number of benzene rings is 1. The van der Waals surface area contributed by atoms with Gasteiger partial charge in [-0.05, 0) is 36.4 Å². The zero-order valence-corrected chi connectivity index (χ0v) is 15.5. The third-order valence-corrected chi connectivity index (χ3v) is 4.97. The summed E-state index contributed by atoms with van der Waals surface area (Å²) in [6.45, 7) is 6.12. The van der Waals surface area contributed by atoms with E-state index in [0.717, 1.165) is 21.5 Å². The van der Waals surface area contributed by atoms with Crippen molar-refractivity contribution in [2.75, 3.05) is 6.61 Å². The summed E-state index contributed by atoms with van der Waals surface area (Å²) in [4.78, 5) is 18.1. The van der Waals surface area contributed by atoms with Crippen molar-refractivity contribution in [3.05, 3.63) is 58.4 Å². The maximum atomic E-state index is 12.4. The second kappa shape index (κ2) is 7.66. The monoisotopic (exact) mass is 354 g/mol. The second-order valence-electron chi connectivity index (χ2n) is 6.37. The first-order chi connectivity index (χ1) is 12.0. The van der Waals surface area contributed by atoms with Gasteiger partial charge in [0.25, 0.3) is 5.91 Å². The Balaban J connectivity index is 1.69. The number of ether oxygens (including phenoxy) is 1. The SMILES string of the molecule is Cc1ccc2cccc(OCC(=O)N[C@@H](c3cccs3)C(C)C)c2n1. The third-order valence-electron chi connectivity index (χ3n) is 4.01. The van der Waals surface area contributed by atoms with Crippen LogP contribution in [-0.2, 0) is 4.79 Å². The molecule has 0 saturated carbocycles. The maximum absolute atomic E-state index is 12.4. The highest BCUT2D eigenvalue weighted by molar-refractivity contribution is 7.10. The van der Waals surface area contributed by atoms with Crippen molar-refractivity contribution in [3.63, 3.8) is 0 Å². The molecule has 0 spiro atoms. The molecule has 1 atom stereocenters. The zero-order chi connectivity index (χ0) is 17.8. The van der Waals surface area contributed by atoms with Crippen molar-refractivity contribution in [2.24, 2.45) is 5.92 Å². The van der Waals surface area contributed by atoms with Crippen LogP contribution < -0.4 is 10.1 Å². The summed E-state index contributed by atoms with van der Waals surface area (Å²) in [7, 11) is 0. The molecule has 25 heavy (non-hydrogen) atoms. The molecule has 5 heteroatoms. The highest BCUT2D eigenvalue weighted by Crippen LogP contribution is 2.26. The van der Waals surface area contributed by atoms with E-state index in [2.05, 4.69) is 24.1 Å². The summed E-state index contributed by atoms with van der Waals surface area (Å²) in [6, 6.07) is 13.8. The van der Waals surface area contributed by atoms with E-state index >= 15 is 0 Å². The third kappa shape index (κ3) is 4.17. The molecule has 2 aromatic heterocycles. The Morgan fingerprint density at radius 2 is 2.04 bits per heavy atom. The molecule has 0 radical (unpaired) electrons. The number of carbonyl (C=O) groups excluding carboxylic acids is 1. The lowest BCUT2D eigenvalue weighted by Gasteiger charge is -2.21. The molecular weight excluding hydrogens is 332 g/mol. The molecule has 1 amide bonds. The smallest absolute Gasteiger partial charge is 0.258 e. The van der Waals surface area contributed by atoms with Crippen LogP contribution in [0.1, 0.15) is 30.5 Å². The number of rotatable bonds is 6. The molecule has 0 bridgehead atoms. The van der Waals surface area contributed by atoms with E-state index in [1.165, 1.54) is 0 Å². The summed E-state index contributed by atoms with van der Waals surface area (Å²) < 4.78 is 5.76. The molecular formula is C20H22N2O2S. The normalized spacial score (nSPS) is 12.3. The minimum Gasteiger partial charge on any atom is -0.481 e. The molecule has 130 valence electrons. The van der Waals surface area contributed by atoms with Gasteiger partial charge in [-0.3, -0.25) is 4.79 Å². The highest BCUT2D eigenvalue weighted by Gasteiger charge is 2.19. The van der Waals surface area contributed by atoms with Crippen LogP contribution in [0.5, 0.6) is 5.75 Å². The number of hydrogen-bond donors (Lipinski definition) is 1. The van der Waals surface area contributed by atoms with Crippen molar-refractivity contribution in [1.29, 1.82) is 0 Å². The van der Waals surface area contributed by atoms with Crippen LogP contribution in [0.3, 0.4) is 0 Å². The van der Waals surface area contributed by atoms with E-state index in [0.29, 0.717) is 11.7 Å². The number of amides is 1. The minimum absolute atomic E-state index is 0.00369. The number of aromatic nitrogens is 1. The maximum Gasteiger partial charge on any atom is 0.258 e. The molecule has 4 nitrogen and oxygen atoms in total. The van der Waals surface area contributed by atoms with E-state index in [4.69, 9.17) is 4.74 Å². The number of thiophene rings is 1. The molecule has 0 unspecified atom stereocenters. The van der Waals surface area contributed by atoms with Gasteiger partial charge in [0.1, 0.15) is 11.3 Å². The standard InChI is InChI=1S/C20H22N2O2S/c1-13(2)19(17-8-5-11-25-17)22-18(23)12-24-16-7-4-6-15-10-9-14(3)21-20(15)16/h4-11,13,19H,12H2,1-3H3,(H,22,23)/t19-/m1/s1. The van der Waals surface area contributed by atoms with Crippen LogP contribution in [0.4, 0.5) is 0 Å². The number of fused-ring (bicyclic) bond motifs is 1. The first kappa shape index (κ1) is 17.4. The van der Waals surface area contributed by atoms with Crippen molar-refractivity contribution in [1.82, 2.24) is 10.3 Å². The van der Waals surface area contributed by atoms with Gasteiger partial charge in [0.05, 0.1) is 6.04 Å². The number of hydrogen-bond acceptors (Lipinski definition) is 4. The van der Waals surface area contributed by atoms with Crippen LogP contribution in [0, 0.1) is 12.8 Å². The van der Waals surface area contributed by atoms with Crippen LogP contribution in [-0.4, -0.2) is 17.5 Å². The molecule has 0 saturated heterocycles. The van der Waals surface area contributed by atoms with Crippen molar-refractivity contribution >= 4 is 28.1 Å². The summed E-state index contributed by atoms with van der Waals surface area (Å²) in [5, 5.41) is 6.10. The fourth-order valence-electron chi connectivity index (χ4n) is 2.73. The predicted molar refractivity (Wildman–Crippen MR) is 102 cm³/mol. The molecule has 3 rings (SSSR count). The van der Waals surface area contributed by atoms with Crippen molar-refractivity contribution < 1.29 is 9.53 Å². The average Bonchev–Trinajstić information content (AvgIpc) is 3.11. The first-order valence-electron chi connectivity index (χ1n) is 8.36. The lowest BCUT2D eigenvalue weighted by atomic mass is 10.0. The molecule has 1 N–H and O–H groups in total. The molecule has 0 fully saturated rings. The van der Waals surface area contributed by atoms with Gasteiger partial charge < -0.3 is 10.1 Å². The summed E-state index contributed by atoms with van der Waals surface area (Å²) >= 11 is 1.65. The number of carbonyl (C=O) groups is 1. The van der Waals surface area contributed by atoms with E-state index < -0.39 is 0 Å². The van der Waals surface area contributed by atoms with Gasteiger partial charge in [0.15, 0.2) is 6.61 Å². The lowest BCUT2D eigenvalue weighted by Crippen LogP contribution is -2.34. The van der Waals surface area contributed by atoms with Gasteiger partial charge in [-0.15, -0.1) is 11.3 Å². The second-order valence-corrected chi connectivity index (χ2v) is 7.35. The fraction of sp³-hybridized carbons (Fsp3) is 0.300. The summed E-state index contributed by atoms with van der Waals surface area (Å²) in [6.07, 6.45) is 0. The van der Waals surface area contributed by atoms with E-state index in [1.54, 1.807) is 11.3 Å². The average molecular weight is 354 g/mol. The topological polar surface area (TPSA) is 51.2 Å². The largest absolute Gasteiger partial charge is 0.481 e. The molecule has 3 aromatic rings. The van der Waals surface area contributed by atoms with Crippen molar-refractivity contribution in [2.45, 2.75) is 26.8 Å².